The topological polar surface area (TPSA) is 211 Å². The van der Waals surface area contributed by atoms with E-state index in [1.807, 2.05) is 0 Å². The van der Waals surface area contributed by atoms with Gasteiger partial charge >= 0.3 is 5.97 Å². The molecule has 186 valence electrons. The molecule has 4 N–H and O–H groups in total. The highest BCUT2D eigenvalue weighted by Gasteiger charge is 2.30. The summed E-state index contributed by atoms with van der Waals surface area (Å²) < 4.78 is 0. The summed E-state index contributed by atoms with van der Waals surface area (Å²) in [5.74, 6) is -4.01. The number of hydrogen-bond acceptors (Lipinski definition) is 8. The van der Waals surface area contributed by atoms with E-state index in [-0.39, 0.29) is 18.9 Å². The lowest BCUT2D eigenvalue weighted by molar-refractivity contribution is -0.394. The Hall–Kier alpha value is -4.10. The number of carbonyl (C=O) groups excluding carboxylic acids is 3. The fourth-order valence-corrected chi connectivity index (χ4v) is 2.91. The molecule has 0 spiro atoms. The maximum Gasteiger partial charge on any atom is 0.305 e. The number of nitro groups is 2. The average Bonchev–Trinajstić information content (AvgIpc) is 2.75. The standard InChI is InChI=1S/C20H27N5O9/c1-4-5-21-19(29)16(10-17(26)27)23-20(30)15(6-11(2)3)22-18(28)12-7-13(24(31)32)9-14(8-12)25(33)34/h7-9,11,15-16H,4-6,10H2,1-3H3,(H,21,29)(H,22,28)(H,23,30)(H,26,27)/t15-,16-/m0/s1. The second kappa shape index (κ2) is 12.8. The van der Waals surface area contributed by atoms with Gasteiger partial charge in [0, 0.05) is 18.7 Å². The maximum atomic E-state index is 12.9. The fourth-order valence-electron chi connectivity index (χ4n) is 2.91. The Labute approximate surface area is 194 Å². The van der Waals surface area contributed by atoms with Crippen molar-refractivity contribution >= 4 is 35.1 Å². The molecule has 14 heteroatoms. The summed E-state index contributed by atoms with van der Waals surface area (Å²) in [6.45, 7) is 5.54. The van der Waals surface area contributed by atoms with Gasteiger partial charge in [0.05, 0.1) is 27.9 Å². The number of non-ortho nitro benzene ring substituents is 2. The van der Waals surface area contributed by atoms with Crippen molar-refractivity contribution in [3.05, 3.63) is 44.0 Å². The number of amides is 3. The van der Waals surface area contributed by atoms with Crippen molar-refractivity contribution in [2.45, 2.75) is 52.1 Å². The van der Waals surface area contributed by atoms with E-state index in [4.69, 9.17) is 5.11 Å². The molecule has 0 bridgehead atoms. The Balaban J connectivity index is 3.17. The predicted octanol–water partition coefficient (Wildman–Crippen LogP) is 1.13. The van der Waals surface area contributed by atoms with E-state index in [2.05, 4.69) is 16.0 Å². The maximum absolute atomic E-state index is 12.9. The summed E-state index contributed by atoms with van der Waals surface area (Å²) in [6.07, 6.45) is -0.0352. The van der Waals surface area contributed by atoms with Gasteiger partial charge in [-0.2, -0.15) is 0 Å². The van der Waals surface area contributed by atoms with Crippen molar-refractivity contribution in [1.82, 2.24) is 16.0 Å². The Bertz CT molecular complexity index is 932. The van der Waals surface area contributed by atoms with E-state index in [0.29, 0.717) is 12.5 Å². The Kier molecular flexibility index (Phi) is 10.5. The molecule has 34 heavy (non-hydrogen) atoms. The first kappa shape index (κ1) is 27.9. The molecule has 3 amide bonds. The highest BCUT2D eigenvalue weighted by atomic mass is 16.6. The van der Waals surface area contributed by atoms with Gasteiger partial charge < -0.3 is 21.1 Å². The van der Waals surface area contributed by atoms with Crippen molar-refractivity contribution in [2.75, 3.05) is 6.54 Å². The van der Waals surface area contributed by atoms with Crippen LogP contribution in [0.4, 0.5) is 11.4 Å². The number of carbonyl (C=O) groups is 4. The first-order valence-corrected chi connectivity index (χ1v) is 10.4. The van der Waals surface area contributed by atoms with Crippen LogP contribution >= 0.6 is 0 Å². The van der Waals surface area contributed by atoms with Crippen LogP contribution in [-0.4, -0.2) is 57.3 Å². The van der Waals surface area contributed by atoms with Gasteiger partial charge in [0.15, 0.2) is 0 Å². The number of hydrogen-bond donors (Lipinski definition) is 4. The van der Waals surface area contributed by atoms with Gasteiger partial charge in [0.25, 0.3) is 17.3 Å². The van der Waals surface area contributed by atoms with Crippen LogP contribution in [0.2, 0.25) is 0 Å². The third-order valence-electron chi connectivity index (χ3n) is 4.48. The lowest BCUT2D eigenvalue weighted by Gasteiger charge is -2.23. The zero-order valence-electron chi connectivity index (χ0n) is 18.9. The summed E-state index contributed by atoms with van der Waals surface area (Å²) >= 11 is 0. The van der Waals surface area contributed by atoms with E-state index in [1.54, 1.807) is 20.8 Å². The molecule has 0 unspecified atom stereocenters. The molecular weight excluding hydrogens is 454 g/mol. The molecule has 0 aliphatic heterocycles. The quantitative estimate of drug-likeness (QED) is 0.234. The predicted molar refractivity (Wildman–Crippen MR) is 118 cm³/mol. The minimum atomic E-state index is -1.40. The van der Waals surface area contributed by atoms with E-state index >= 15 is 0 Å². The van der Waals surface area contributed by atoms with Crippen LogP contribution in [0.3, 0.4) is 0 Å². The molecule has 0 aromatic heterocycles. The SMILES string of the molecule is CCCNC(=O)[C@H](CC(=O)O)NC(=O)[C@H](CC(C)C)NC(=O)c1cc([N+](=O)[O-])cc([N+](=O)[O-])c1. The van der Waals surface area contributed by atoms with Crippen LogP contribution in [0, 0.1) is 26.1 Å². The molecule has 0 heterocycles. The highest BCUT2D eigenvalue weighted by molar-refractivity contribution is 5.99. The zero-order chi connectivity index (χ0) is 26.0. The van der Waals surface area contributed by atoms with Gasteiger partial charge in [0.2, 0.25) is 11.8 Å². The number of nitrogens with one attached hydrogen (secondary N) is 3. The van der Waals surface area contributed by atoms with Crippen LogP contribution in [-0.2, 0) is 14.4 Å². The van der Waals surface area contributed by atoms with Crippen LogP contribution in [0.15, 0.2) is 18.2 Å². The summed E-state index contributed by atoms with van der Waals surface area (Å²) in [6, 6.07) is -0.292. The normalized spacial score (nSPS) is 12.4. The summed E-state index contributed by atoms with van der Waals surface area (Å²) in [7, 11) is 0. The van der Waals surface area contributed by atoms with Gasteiger partial charge in [-0.15, -0.1) is 0 Å². The van der Waals surface area contributed by atoms with E-state index in [1.165, 1.54) is 0 Å². The second-order valence-electron chi connectivity index (χ2n) is 7.86. The van der Waals surface area contributed by atoms with E-state index < -0.39 is 69.0 Å². The van der Waals surface area contributed by atoms with Gasteiger partial charge in [-0.1, -0.05) is 20.8 Å². The van der Waals surface area contributed by atoms with E-state index in [9.17, 15) is 39.4 Å². The number of carboxylic acid groups (broad SMARTS) is 1. The Morgan fingerprint density at radius 3 is 1.94 bits per heavy atom. The lowest BCUT2D eigenvalue weighted by atomic mass is 10.0. The van der Waals surface area contributed by atoms with Crippen molar-refractivity contribution in [3.8, 4) is 0 Å². The van der Waals surface area contributed by atoms with Crippen molar-refractivity contribution < 1.29 is 34.1 Å². The highest BCUT2D eigenvalue weighted by Crippen LogP contribution is 2.23. The van der Waals surface area contributed by atoms with Crippen LogP contribution in [0.5, 0.6) is 0 Å². The number of benzene rings is 1. The van der Waals surface area contributed by atoms with Crippen LogP contribution in [0.25, 0.3) is 0 Å². The lowest BCUT2D eigenvalue weighted by Crippen LogP contribution is -2.54. The molecule has 0 aliphatic rings. The molecule has 14 nitrogen and oxygen atoms in total. The molecule has 0 saturated carbocycles. The Morgan fingerprint density at radius 2 is 1.50 bits per heavy atom. The molecule has 0 saturated heterocycles. The van der Waals surface area contributed by atoms with E-state index in [0.717, 1.165) is 12.1 Å². The molecule has 0 radical (unpaired) electrons. The molecule has 1 aromatic carbocycles. The first-order chi connectivity index (χ1) is 15.8. The second-order valence-corrected chi connectivity index (χ2v) is 7.86. The molecule has 0 fully saturated rings. The van der Waals surface area contributed by atoms with Crippen LogP contribution < -0.4 is 16.0 Å². The molecular formula is C20H27N5O9. The average molecular weight is 481 g/mol. The summed E-state index contributed by atoms with van der Waals surface area (Å²) in [4.78, 5) is 69.3. The fraction of sp³-hybridized carbons (Fsp3) is 0.500. The van der Waals surface area contributed by atoms with Gasteiger partial charge in [0.1, 0.15) is 12.1 Å². The molecule has 1 aromatic rings. The van der Waals surface area contributed by atoms with Gasteiger partial charge in [-0.25, -0.2) is 0 Å². The minimum absolute atomic E-state index is 0.0744. The largest absolute Gasteiger partial charge is 0.481 e. The molecule has 0 aliphatic carbocycles. The minimum Gasteiger partial charge on any atom is -0.481 e. The molecule has 2 atom stereocenters. The van der Waals surface area contributed by atoms with Gasteiger partial charge in [-0.3, -0.25) is 39.4 Å². The summed E-state index contributed by atoms with van der Waals surface area (Å²) in [5, 5.41) is 38.4. The third-order valence-corrected chi connectivity index (χ3v) is 4.48. The number of carboxylic acids is 1. The van der Waals surface area contributed by atoms with Crippen molar-refractivity contribution in [3.63, 3.8) is 0 Å². The van der Waals surface area contributed by atoms with Crippen molar-refractivity contribution in [1.29, 1.82) is 0 Å². The monoisotopic (exact) mass is 481 g/mol. The number of aliphatic carboxylic acids is 1. The molecule has 1 rings (SSSR count). The van der Waals surface area contributed by atoms with Crippen molar-refractivity contribution in [2.24, 2.45) is 5.92 Å². The summed E-state index contributed by atoms with van der Waals surface area (Å²) in [5.41, 5.74) is -1.78. The van der Waals surface area contributed by atoms with Gasteiger partial charge in [-0.05, 0) is 18.8 Å². The number of nitrogens with zero attached hydrogens (tertiary/aromatic N) is 2. The number of rotatable bonds is 13. The smallest absolute Gasteiger partial charge is 0.305 e. The zero-order valence-corrected chi connectivity index (χ0v) is 18.9. The van der Waals surface area contributed by atoms with Crippen LogP contribution in [0.1, 0.15) is 50.4 Å². The third kappa shape index (κ3) is 8.80. The Morgan fingerprint density at radius 1 is 0.941 bits per heavy atom. The number of nitro benzene ring substituents is 2. The first-order valence-electron chi connectivity index (χ1n) is 10.4.